The van der Waals surface area contributed by atoms with Crippen molar-refractivity contribution in [2.75, 3.05) is 13.2 Å². The number of aliphatic hydroxyl groups is 1. The number of ether oxygens (including phenoxy) is 2. The summed E-state index contributed by atoms with van der Waals surface area (Å²) in [4.78, 5) is 4.60. The standard InChI is InChI=1S/C22H21ClN2O3/c1-13-9-16(23)5-6-17(13)14-3-2-4-15(10-14)22-24-7-8-25(22)18-11-27-21-19(26)12-28-20(18)21/h2-10,18-21,26H,11-12H2,1H3/t18-,19-,20-,21-/m1/s1. The van der Waals surface area contributed by atoms with E-state index in [0.717, 1.165) is 33.1 Å². The van der Waals surface area contributed by atoms with Gasteiger partial charge in [0.25, 0.3) is 0 Å². The zero-order valence-corrected chi connectivity index (χ0v) is 16.2. The summed E-state index contributed by atoms with van der Waals surface area (Å²) < 4.78 is 13.7. The third-order valence-corrected chi connectivity index (χ3v) is 5.88. The van der Waals surface area contributed by atoms with E-state index in [1.54, 1.807) is 6.20 Å². The van der Waals surface area contributed by atoms with E-state index in [9.17, 15) is 5.11 Å². The van der Waals surface area contributed by atoms with E-state index in [1.165, 1.54) is 0 Å². The molecule has 5 rings (SSSR count). The van der Waals surface area contributed by atoms with Gasteiger partial charge in [0.15, 0.2) is 0 Å². The highest BCUT2D eigenvalue weighted by molar-refractivity contribution is 6.30. The third kappa shape index (κ3) is 2.95. The smallest absolute Gasteiger partial charge is 0.140 e. The number of aromatic nitrogens is 2. The van der Waals surface area contributed by atoms with Gasteiger partial charge in [-0.05, 0) is 41.8 Å². The minimum atomic E-state index is -0.557. The minimum absolute atomic E-state index is 0.000532. The fourth-order valence-corrected chi connectivity index (χ4v) is 4.51. The maximum atomic E-state index is 10.0. The quantitative estimate of drug-likeness (QED) is 0.730. The van der Waals surface area contributed by atoms with Crippen LogP contribution < -0.4 is 0 Å². The van der Waals surface area contributed by atoms with Crippen molar-refractivity contribution in [3.05, 3.63) is 65.4 Å². The number of imidazole rings is 1. The van der Waals surface area contributed by atoms with Crippen molar-refractivity contribution in [2.45, 2.75) is 31.3 Å². The van der Waals surface area contributed by atoms with Gasteiger partial charge in [-0.25, -0.2) is 4.98 Å². The highest BCUT2D eigenvalue weighted by Crippen LogP contribution is 2.37. The van der Waals surface area contributed by atoms with Crippen LogP contribution in [0.5, 0.6) is 0 Å². The zero-order valence-electron chi connectivity index (χ0n) is 15.5. The van der Waals surface area contributed by atoms with Gasteiger partial charge in [-0.15, -0.1) is 0 Å². The molecule has 0 spiro atoms. The Balaban J connectivity index is 1.51. The van der Waals surface area contributed by atoms with Crippen LogP contribution in [-0.4, -0.2) is 46.2 Å². The third-order valence-electron chi connectivity index (χ3n) is 5.65. The Morgan fingerprint density at radius 1 is 1.07 bits per heavy atom. The molecule has 144 valence electrons. The van der Waals surface area contributed by atoms with E-state index < -0.39 is 6.10 Å². The van der Waals surface area contributed by atoms with Gasteiger partial charge in [-0.2, -0.15) is 0 Å². The van der Waals surface area contributed by atoms with Gasteiger partial charge in [0.05, 0.1) is 19.3 Å². The molecule has 0 radical (unpaired) electrons. The number of rotatable bonds is 3. The SMILES string of the molecule is Cc1cc(Cl)ccc1-c1cccc(-c2nccn2[C@@H]2CO[C@H]3[C@@H]2OC[C@H]3O)c1. The number of fused-ring (bicyclic) bond motifs is 1. The number of benzene rings is 2. The summed E-state index contributed by atoms with van der Waals surface area (Å²) in [6.45, 7) is 2.89. The second-order valence-electron chi connectivity index (χ2n) is 7.43. The van der Waals surface area contributed by atoms with Gasteiger partial charge in [-0.1, -0.05) is 35.9 Å². The van der Waals surface area contributed by atoms with E-state index in [0.29, 0.717) is 13.2 Å². The van der Waals surface area contributed by atoms with Crippen molar-refractivity contribution in [3.63, 3.8) is 0 Å². The van der Waals surface area contributed by atoms with Gasteiger partial charge in [0.1, 0.15) is 24.1 Å². The first kappa shape index (κ1) is 17.9. The molecule has 6 heteroatoms. The van der Waals surface area contributed by atoms with Crippen LogP contribution in [0.3, 0.4) is 0 Å². The molecular formula is C22H21ClN2O3. The van der Waals surface area contributed by atoms with Crippen LogP contribution in [0.4, 0.5) is 0 Å². The van der Waals surface area contributed by atoms with E-state index in [-0.39, 0.29) is 18.2 Å². The summed E-state index contributed by atoms with van der Waals surface area (Å²) in [7, 11) is 0. The lowest BCUT2D eigenvalue weighted by Gasteiger charge is -2.20. The van der Waals surface area contributed by atoms with Crippen molar-refractivity contribution in [1.82, 2.24) is 9.55 Å². The summed E-state index contributed by atoms with van der Waals surface area (Å²) >= 11 is 6.11. The summed E-state index contributed by atoms with van der Waals surface area (Å²) in [5.74, 6) is 0.868. The van der Waals surface area contributed by atoms with Crippen LogP contribution in [0.2, 0.25) is 5.02 Å². The maximum Gasteiger partial charge on any atom is 0.140 e. The van der Waals surface area contributed by atoms with Crippen LogP contribution in [0.15, 0.2) is 54.9 Å². The number of nitrogens with zero attached hydrogens (tertiary/aromatic N) is 2. The number of hydrogen-bond acceptors (Lipinski definition) is 4. The predicted molar refractivity (Wildman–Crippen MR) is 107 cm³/mol. The lowest BCUT2D eigenvalue weighted by atomic mass is 9.98. The van der Waals surface area contributed by atoms with Crippen molar-refractivity contribution < 1.29 is 14.6 Å². The Morgan fingerprint density at radius 2 is 1.89 bits per heavy atom. The number of aryl methyl sites for hydroxylation is 1. The largest absolute Gasteiger partial charge is 0.388 e. The molecule has 5 nitrogen and oxygen atoms in total. The van der Waals surface area contributed by atoms with Crippen LogP contribution in [0.1, 0.15) is 11.6 Å². The monoisotopic (exact) mass is 396 g/mol. The van der Waals surface area contributed by atoms with Crippen LogP contribution in [0, 0.1) is 6.92 Å². The predicted octanol–water partition coefficient (Wildman–Crippen LogP) is 3.88. The van der Waals surface area contributed by atoms with Gasteiger partial charge >= 0.3 is 0 Å². The average Bonchev–Trinajstić information content (AvgIpc) is 3.39. The van der Waals surface area contributed by atoms with Gasteiger partial charge < -0.3 is 19.1 Å². The molecule has 4 atom stereocenters. The minimum Gasteiger partial charge on any atom is -0.388 e. The van der Waals surface area contributed by atoms with Gasteiger partial charge in [-0.3, -0.25) is 0 Å². The molecule has 2 aliphatic heterocycles. The molecule has 0 unspecified atom stereocenters. The maximum absolute atomic E-state index is 10.0. The molecule has 0 amide bonds. The first-order chi connectivity index (χ1) is 13.6. The van der Waals surface area contributed by atoms with E-state index in [4.69, 9.17) is 21.1 Å². The zero-order chi connectivity index (χ0) is 19.3. The molecule has 0 bridgehead atoms. The summed E-state index contributed by atoms with van der Waals surface area (Å²) in [5.41, 5.74) is 4.43. The number of hydrogen-bond donors (Lipinski definition) is 1. The van der Waals surface area contributed by atoms with Crippen molar-refractivity contribution in [1.29, 1.82) is 0 Å². The lowest BCUT2D eigenvalue weighted by Crippen LogP contribution is -2.30. The molecule has 2 aromatic carbocycles. The Bertz CT molecular complexity index is 1020. The summed E-state index contributed by atoms with van der Waals surface area (Å²) in [6.07, 6.45) is 2.79. The van der Waals surface area contributed by atoms with Crippen LogP contribution in [-0.2, 0) is 9.47 Å². The van der Waals surface area contributed by atoms with Crippen LogP contribution >= 0.6 is 11.6 Å². The molecule has 28 heavy (non-hydrogen) atoms. The Morgan fingerprint density at radius 3 is 2.75 bits per heavy atom. The first-order valence-corrected chi connectivity index (χ1v) is 9.80. The van der Waals surface area contributed by atoms with Crippen molar-refractivity contribution in [3.8, 4) is 22.5 Å². The Labute approximate surface area is 168 Å². The Kier molecular flexibility index (Phi) is 4.48. The summed E-state index contributed by atoms with van der Waals surface area (Å²) in [6, 6.07) is 14.3. The van der Waals surface area contributed by atoms with Crippen molar-refractivity contribution in [2.24, 2.45) is 0 Å². The molecular weight excluding hydrogens is 376 g/mol. The fraction of sp³-hybridized carbons (Fsp3) is 0.318. The average molecular weight is 397 g/mol. The number of halogens is 1. The fourth-order valence-electron chi connectivity index (χ4n) is 4.28. The second kappa shape index (κ2) is 7.01. The molecule has 2 saturated heterocycles. The normalized spacial score (nSPS) is 26.5. The molecule has 0 aliphatic carbocycles. The molecule has 1 N–H and O–H groups in total. The molecule has 2 aliphatic rings. The molecule has 1 aromatic heterocycles. The van der Waals surface area contributed by atoms with Gasteiger partial charge in [0, 0.05) is 23.0 Å². The lowest BCUT2D eigenvalue weighted by molar-refractivity contribution is 0.0172. The highest BCUT2D eigenvalue weighted by atomic mass is 35.5. The van der Waals surface area contributed by atoms with Crippen LogP contribution in [0.25, 0.3) is 22.5 Å². The summed E-state index contributed by atoms with van der Waals surface area (Å²) in [5, 5.41) is 10.8. The molecule has 3 aromatic rings. The van der Waals surface area contributed by atoms with Crippen molar-refractivity contribution >= 4 is 11.6 Å². The Hall–Kier alpha value is -2.18. The molecule has 2 fully saturated rings. The second-order valence-corrected chi connectivity index (χ2v) is 7.87. The van der Waals surface area contributed by atoms with E-state index >= 15 is 0 Å². The van der Waals surface area contributed by atoms with Gasteiger partial charge in [0.2, 0.25) is 0 Å². The molecule has 3 heterocycles. The first-order valence-electron chi connectivity index (χ1n) is 9.43. The number of aliphatic hydroxyl groups excluding tert-OH is 1. The van der Waals surface area contributed by atoms with E-state index in [1.807, 2.05) is 30.5 Å². The molecule has 0 saturated carbocycles. The highest BCUT2D eigenvalue weighted by Gasteiger charge is 2.48. The topological polar surface area (TPSA) is 56.5 Å². The van der Waals surface area contributed by atoms with E-state index in [2.05, 4.69) is 34.7 Å².